The first-order chi connectivity index (χ1) is 11.0. The molecule has 1 aromatic heterocycles. The lowest BCUT2D eigenvalue weighted by atomic mass is 10.1. The quantitative estimate of drug-likeness (QED) is 0.851. The number of carbonyl (C=O) groups is 1. The summed E-state index contributed by atoms with van der Waals surface area (Å²) in [6.07, 6.45) is 1.07. The predicted octanol–water partition coefficient (Wildman–Crippen LogP) is 3.80. The van der Waals surface area contributed by atoms with Crippen LogP contribution in [0.2, 0.25) is 0 Å². The fourth-order valence-corrected chi connectivity index (χ4v) is 2.23. The van der Waals surface area contributed by atoms with E-state index in [2.05, 4.69) is 34.7 Å². The van der Waals surface area contributed by atoms with Crippen molar-refractivity contribution < 1.29 is 4.79 Å². The molecule has 23 heavy (non-hydrogen) atoms. The Balaban J connectivity index is 2.00. The van der Waals surface area contributed by atoms with Crippen LogP contribution in [0.1, 0.15) is 41.9 Å². The summed E-state index contributed by atoms with van der Waals surface area (Å²) in [5.74, 6) is 1.08. The van der Waals surface area contributed by atoms with Crippen molar-refractivity contribution in [1.82, 2.24) is 10.2 Å². The van der Waals surface area contributed by atoms with Gasteiger partial charge in [-0.3, -0.25) is 4.79 Å². The summed E-state index contributed by atoms with van der Waals surface area (Å²) >= 11 is 0. The van der Waals surface area contributed by atoms with Gasteiger partial charge in [-0.2, -0.15) is 0 Å². The van der Waals surface area contributed by atoms with Gasteiger partial charge >= 0.3 is 0 Å². The summed E-state index contributed by atoms with van der Waals surface area (Å²) in [4.78, 5) is 12.3. The van der Waals surface area contributed by atoms with E-state index in [1.807, 2.05) is 32.0 Å². The largest absolute Gasteiger partial charge is 0.369 e. The SMILES string of the molecule is Cc1cccc(C)c1NC(=O)c1ccc(NCCC(C)C)nn1. The molecule has 0 fully saturated rings. The zero-order valence-corrected chi connectivity index (χ0v) is 14.2. The number of carbonyl (C=O) groups excluding carboxylic acids is 1. The minimum absolute atomic E-state index is 0.247. The zero-order chi connectivity index (χ0) is 16.8. The monoisotopic (exact) mass is 312 g/mol. The van der Waals surface area contributed by atoms with E-state index in [-0.39, 0.29) is 5.91 Å². The fourth-order valence-electron chi connectivity index (χ4n) is 2.23. The smallest absolute Gasteiger partial charge is 0.276 e. The summed E-state index contributed by atoms with van der Waals surface area (Å²) in [7, 11) is 0. The summed E-state index contributed by atoms with van der Waals surface area (Å²) in [6, 6.07) is 9.38. The van der Waals surface area contributed by atoms with Crippen LogP contribution in [0.4, 0.5) is 11.5 Å². The van der Waals surface area contributed by atoms with Crippen molar-refractivity contribution in [3.63, 3.8) is 0 Å². The maximum Gasteiger partial charge on any atom is 0.276 e. The molecule has 5 heteroatoms. The molecule has 0 radical (unpaired) electrons. The number of hydrogen-bond donors (Lipinski definition) is 2. The van der Waals surface area contributed by atoms with Gasteiger partial charge in [0.05, 0.1) is 0 Å². The summed E-state index contributed by atoms with van der Waals surface area (Å²) in [5, 5.41) is 14.2. The Hall–Kier alpha value is -2.43. The predicted molar refractivity (Wildman–Crippen MR) is 93.8 cm³/mol. The second-order valence-corrected chi connectivity index (χ2v) is 6.13. The molecule has 0 unspecified atom stereocenters. The van der Waals surface area contributed by atoms with Crippen LogP contribution in [-0.2, 0) is 0 Å². The number of aromatic nitrogens is 2. The third-order valence-corrected chi connectivity index (χ3v) is 3.64. The highest BCUT2D eigenvalue weighted by Gasteiger charge is 2.11. The van der Waals surface area contributed by atoms with E-state index < -0.39 is 0 Å². The first-order valence-electron chi connectivity index (χ1n) is 7.92. The Morgan fingerprint density at radius 2 is 1.78 bits per heavy atom. The molecule has 0 aliphatic rings. The van der Waals surface area contributed by atoms with E-state index in [0.29, 0.717) is 17.4 Å². The normalized spacial score (nSPS) is 10.7. The first kappa shape index (κ1) is 16.9. The van der Waals surface area contributed by atoms with Gasteiger partial charge in [0.25, 0.3) is 5.91 Å². The van der Waals surface area contributed by atoms with Gasteiger partial charge in [0.1, 0.15) is 5.82 Å². The molecule has 2 aromatic rings. The van der Waals surface area contributed by atoms with Crippen molar-refractivity contribution in [2.24, 2.45) is 5.92 Å². The number of nitrogens with one attached hydrogen (secondary N) is 2. The van der Waals surface area contributed by atoms with E-state index in [1.165, 1.54) is 0 Å². The average Bonchev–Trinajstić information content (AvgIpc) is 2.51. The van der Waals surface area contributed by atoms with Crippen molar-refractivity contribution in [2.75, 3.05) is 17.2 Å². The lowest BCUT2D eigenvalue weighted by molar-refractivity contribution is 0.102. The fraction of sp³-hybridized carbons (Fsp3) is 0.389. The Bertz CT molecular complexity index is 645. The average molecular weight is 312 g/mol. The summed E-state index contributed by atoms with van der Waals surface area (Å²) in [6.45, 7) is 9.13. The van der Waals surface area contributed by atoms with Crippen LogP contribution in [0.5, 0.6) is 0 Å². The van der Waals surface area contributed by atoms with E-state index >= 15 is 0 Å². The van der Waals surface area contributed by atoms with Gasteiger partial charge in [0.2, 0.25) is 0 Å². The lowest BCUT2D eigenvalue weighted by Gasteiger charge is -2.11. The Morgan fingerprint density at radius 3 is 2.35 bits per heavy atom. The molecular formula is C18H24N4O. The minimum Gasteiger partial charge on any atom is -0.369 e. The Labute approximate surface area is 137 Å². The van der Waals surface area contributed by atoms with Gasteiger partial charge < -0.3 is 10.6 Å². The van der Waals surface area contributed by atoms with Crippen LogP contribution in [-0.4, -0.2) is 22.6 Å². The number of rotatable bonds is 6. The maximum atomic E-state index is 12.3. The Morgan fingerprint density at radius 1 is 1.09 bits per heavy atom. The third-order valence-electron chi connectivity index (χ3n) is 3.64. The van der Waals surface area contributed by atoms with Crippen molar-refractivity contribution in [3.8, 4) is 0 Å². The topological polar surface area (TPSA) is 66.9 Å². The maximum absolute atomic E-state index is 12.3. The van der Waals surface area contributed by atoms with Gasteiger partial charge in [-0.1, -0.05) is 32.0 Å². The van der Waals surface area contributed by atoms with Gasteiger partial charge in [-0.15, -0.1) is 10.2 Å². The molecule has 122 valence electrons. The number of para-hydroxylation sites is 1. The van der Waals surface area contributed by atoms with E-state index in [1.54, 1.807) is 12.1 Å². The van der Waals surface area contributed by atoms with Crippen LogP contribution in [0.3, 0.4) is 0 Å². The molecule has 1 heterocycles. The highest BCUT2D eigenvalue weighted by molar-refractivity contribution is 6.03. The highest BCUT2D eigenvalue weighted by atomic mass is 16.1. The van der Waals surface area contributed by atoms with Gasteiger partial charge in [-0.25, -0.2) is 0 Å². The van der Waals surface area contributed by atoms with Crippen LogP contribution in [0, 0.1) is 19.8 Å². The van der Waals surface area contributed by atoms with Crippen LogP contribution < -0.4 is 10.6 Å². The molecule has 0 saturated heterocycles. The van der Waals surface area contributed by atoms with Gasteiger partial charge in [-0.05, 0) is 49.4 Å². The lowest BCUT2D eigenvalue weighted by Crippen LogP contribution is -2.16. The number of anilines is 2. The van der Waals surface area contributed by atoms with Gasteiger partial charge in [0.15, 0.2) is 5.69 Å². The zero-order valence-electron chi connectivity index (χ0n) is 14.2. The standard InChI is InChI=1S/C18H24N4O/c1-12(2)10-11-19-16-9-8-15(21-22-16)18(23)20-17-13(3)6-5-7-14(17)4/h5-9,12H,10-11H2,1-4H3,(H,19,22)(H,20,23). The van der Waals surface area contributed by atoms with E-state index in [9.17, 15) is 4.79 Å². The second-order valence-electron chi connectivity index (χ2n) is 6.13. The molecule has 0 saturated carbocycles. The molecule has 0 aliphatic heterocycles. The van der Waals surface area contributed by atoms with Crippen molar-refractivity contribution in [3.05, 3.63) is 47.2 Å². The Kier molecular flexibility index (Phi) is 5.68. The minimum atomic E-state index is -0.247. The molecule has 2 N–H and O–H groups in total. The third kappa shape index (κ3) is 4.77. The highest BCUT2D eigenvalue weighted by Crippen LogP contribution is 2.20. The molecule has 1 aromatic carbocycles. The molecular weight excluding hydrogens is 288 g/mol. The number of benzene rings is 1. The van der Waals surface area contributed by atoms with Crippen LogP contribution >= 0.6 is 0 Å². The number of aryl methyl sites for hydroxylation is 2. The molecule has 0 atom stereocenters. The van der Waals surface area contributed by atoms with E-state index in [4.69, 9.17) is 0 Å². The molecule has 2 rings (SSSR count). The van der Waals surface area contributed by atoms with Crippen molar-refractivity contribution >= 4 is 17.4 Å². The van der Waals surface area contributed by atoms with Crippen LogP contribution in [0.15, 0.2) is 30.3 Å². The number of hydrogen-bond acceptors (Lipinski definition) is 4. The van der Waals surface area contributed by atoms with Crippen molar-refractivity contribution in [1.29, 1.82) is 0 Å². The van der Waals surface area contributed by atoms with Crippen molar-refractivity contribution in [2.45, 2.75) is 34.1 Å². The first-order valence-corrected chi connectivity index (χ1v) is 7.92. The molecule has 0 spiro atoms. The second kappa shape index (κ2) is 7.72. The summed E-state index contributed by atoms with van der Waals surface area (Å²) in [5.41, 5.74) is 3.19. The molecule has 1 amide bonds. The molecule has 0 aliphatic carbocycles. The summed E-state index contributed by atoms with van der Waals surface area (Å²) < 4.78 is 0. The molecule has 5 nitrogen and oxygen atoms in total. The van der Waals surface area contributed by atoms with Gasteiger partial charge in [0, 0.05) is 12.2 Å². The van der Waals surface area contributed by atoms with Crippen LogP contribution in [0.25, 0.3) is 0 Å². The molecule has 0 bridgehead atoms. The van der Waals surface area contributed by atoms with E-state index in [0.717, 1.165) is 29.8 Å². The number of amides is 1. The number of nitrogens with zero attached hydrogens (tertiary/aromatic N) is 2.